The zero-order valence-corrected chi connectivity index (χ0v) is 14.7. The Morgan fingerprint density at radius 2 is 1.64 bits per heavy atom. The molecule has 2 aromatic rings. The zero-order valence-electron chi connectivity index (χ0n) is 13.9. The first-order valence-electron chi connectivity index (χ1n) is 7.46. The Morgan fingerprint density at radius 3 is 2.16 bits per heavy atom. The standard InChI is InChI=1S/C17H18F3NO3S/c1-11(2)24-16-9-6-13(10-15(16)17(18,19)20)21-25(22,23)14-7-4-12(3)5-8-14/h4-11,21H,1-3H3. The molecule has 0 spiro atoms. The van der Waals surface area contributed by atoms with Crippen LogP contribution in [0.3, 0.4) is 0 Å². The summed E-state index contributed by atoms with van der Waals surface area (Å²) in [6.07, 6.45) is -5.12. The first kappa shape index (κ1) is 19.1. The van der Waals surface area contributed by atoms with Crippen molar-refractivity contribution in [2.75, 3.05) is 4.72 Å². The van der Waals surface area contributed by atoms with Gasteiger partial charge in [0, 0.05) is 5.69 Å². The molecular formula is C17H18F3NO3S. The third kappa shape index (κ3) is 4.88. The summed E-state index contributed by atoms with van der Waals surface area (Å²) >= 11 is 0. The third-order valence-corrected chi connectivity index (χ3v) is 4.63. The van der Waals surface area contributed by atoms with Gasteiger partial charge in [0.05, 0.1) is 16.6 Å². The lowest BCUT2D eigenvalue weighted by Crippen LogP contribution is -2.16. The average Bonchev–Trinajstić information content (AvgIpc) is 2.47. The van der Waals surface area contributed by atoms with E-state index in [-0.39, 0.29) is 16.3 Å². The van der Waals surface area contributed by atoms with Crippen LogP contribution in [0.1, 0.15) is 25.0 Å². The lowest BCUT2D eigenvalue weighted by molar-refractivity contribution is -0.139. The predicted molar refractivity (Wildman–Crippen MR) is 89.2 cm³/mol. The van der Waals surface area contributed by atoms with Gasteiger partial charge < -0.3 is 4.74 Å². The molecule has 0 aliphatic heterocycles. The summed E-state index contributed by atoms with van der Waals surface area (Å²) in [4.78, 5) is -0.0332. The van der Waals surface area contributed by atoms with Crippen molar-refractivity contribution in [2.24, 2.45) is 0 Å². The fourth-order valence-electron chi connectivity index (χ4n) is 2.10. The molecule has 4 nitrogen and oxygen atoms in total. The number of alkyl halides is 3. The Morgan fingerprint density at radius 1 is 1.04 bits per heavy atom. The lowest BCUT2D eigenvalue weighted by atomic mass is 10.1. The van der Waals surface area contributed by atoms with Crippen LogP contribution in [0, 0.1) is 6.92 Å². The summed E-state index contributed by atoms with van der Waals surface area (Å²) in [5.74, 6) is -0.346. The Labute approximate surface area is 144 Å². The largest absolute Gasteiger partial charge is 0.490 e. The maximum Gasteiger partial charge on any atom is 0.420 e. The van der Waals surface area contributed by atoms with Crippen LogP contribution < -0.4 is 9.46 Å². The molecule has 0 heterocycles. The second kappa shape index (κ2) is 6.95. The number of halogens is 3. The molecule has 0 aliphatic carbocycles. The van der Waals surface area contributed by atoms with Gasteiger partial charge in [0.2, 0.25) is 0 Å². The molecule has 0 radical (unpaired) electrons. The summed E-state index contributed by atoms with van der Waals surface area (Å²) in [6, 6.07) is 9.06. The summed E-state index contributed by atoms with van der Waals surface area (Å²) in [7, 11) is -3.99. The van der Waals surface area contributed by atoms with Gasteiger partial charge in [0.25, 0.3) is 10.0 Å². The van der Waals surface area contributed by atoms with Gasteiger partial charge in [-0.25, -0.2) is 8.42 Å². The molecule has 0 aliphatic rings. The number of sulfonamides is 1. The topological polar surface area (TPSA) is 55.4 Å². The van der Waals surface area contributed by atoms with Crippen LogP contribution >= 0.6 is 0 Å². The number of benzene rings is 2. The normalized spacial score (nSPS) is 12.3. The van der Waals surface area contributed by atoms with Crippen molar-refractivity contribution in [1.29, 1.82) is 0 Å². The minimum absolute atomic E-state index is 0.0332. The molecule has 0 unspecified atom stereocenters. The quantitative estimate of drug-likeness (QED) is 0.833. The van der Waals surface area contributed by atoms with E-state index >= 15 is 0 Å². The smallest absolute Gasteiger partial charge is 0.420 e. The maximum absolute atomic E-state index is 13.2. The van der Waals surface area contributed by atoms with E-state index in [0.29, 0.717) is 0 Å². The molecule has 0 aromatic heterocycles. The van der Waals surface area contributed by atoms with Crippen molar-refractivity contribution in [3.8, 4) is 5.75 Å². The number of aryl methyl sites for hydroxylation is 1. The monoisotopic (exact) mass is 373 g/mol. The number of ether oxygens (including phenoxy) is 1. The van der Waals surface area contributed by atoms with Gasteiger partial charge in [0.15, 0.2) is 0 Å². The van der Waals surface area contributed by atoms with E-state index in [2.05, 4.69) is 4.72 Å². The molecule has 0 saturated carbocycles. The zero-order chi connectivity index (χ0) is 18.8. The molecule has 0 saturated heterocycles. The van der Waals surface area contributed by atoms with E-state index in [1.807, 2.05) is 0 Å². The van der Waals surface area contributed by atoms with Crippen molar-refractivity contribution in [3.05, 3.63) is 53.6 Å². The molecule has 0 fully saturated rings. The Kier molecular flexibility index (Phi) is 5.31. The van der Waals surface area contributed by atoms with Gasteiger partial charge in [-0.15, -0.1) is 0 Å². The second-order valence-electron chi connectivity index (χ2n) is 5.79. The highest BCUT2D eigenvalue weighted by Crippen LogP contribution is 2.38. The van der Waals surface area contributed by atoms with Gasteiger partial charge in [-0.2, -0.15) is 13.2 Å². The second-order valence-corrected chi connectivity index (χ2v) is 7.48. The first-order valence-corrected chi connectivity index (χ1v) is 8.95. The molecule has 0 amide bonds. The molecule has 0 bridgehead atoms. The summed E-state index contributed by atoms with van der Waals surface area (Å²) < 4.78 is 71.6. The molecule has 2 aromatic carbocycles. The molecule has 8 heteroatoms. The van der Waals surface area contributed by atoms with Crippen molar-refractivity contribution in [3.63, 3.8) is 0 Å². The predicted octanol–water partition coefficient (Wildman–Crippen LogP) is 4.60. The highest BCUT2D eigenvalue weighted by Gasteiger charge is 2.35. The summed E-state index contributed by atoms with van der Waals surface area (Å²) in [5, 5.41) is 0. The number of nitrogens with one attached hydrogen (secondary N) is 1. The minimum Gasteiger partial charge on any atom is -0.490 e. The fraction of sp³-hybridized carbons (Fsp3) is 0.294. The van der Waals surface area contributed by atoms with Crippen LogP contribution in [0.5, 0.6) is 5.75 Å². The molecule has 136 valence electrons. The first-order chi connectivity index (χ1) is 11.5. The van der Waals surface area contributed by atoms with E-state index in [0.717, 1.165) is 17.7 Å². The molecular weight excluding hydrogens is 355 g/mol. The van der Waals surface area contributed by atoms with Crippen LogP contribution in [0.15, 0.2) is 47.4 Å². The van der Waals surface area contributed by atoms with E-state index in [4.69, 9.17) is 4.74 Å². The highest BCUT2D eigenvalue weighted by molar-refractivity contribution is 7.92. The minimum atomic E-state index is -4.67. The Hall–Kier alpha value is -2.22. The van der Waals surface area contributed by atoms with Gasteiger partial charge in [0.1, 0.15) is 5.75 Å². The number of rotatable bonds is 5. The van der Waals surface area contributed by atoms with Crippen LogP contribution in [-0.4, -0.2) is 14.5 Å². The van der Waals surface area contributed by atoms with Gasteiger partial charge >= 0.3 is 6.18 Å². The van der Waals surface area contributed by atoms with Crippen LogP contribution in [0.2, 0.25) is 0 Å². The third-order valence-electron chi connectivity index (χ3n) is 3.23. The average molecular weight is 373 g/mol. The lowest BCUT2D eigenvalue weighted by Gasteiger charge is -2.18. The molecule has 1 N–H and O–H groups in total. The number of hydrogen-bond donors (Lipinski definition) is 1. The van der Waals surface area contributed by atoms with E-state index in [1.54, 1.807) is 32.9 Å². The van der Waals surface area contributed by atoms with E-state index in [9.17, 15) is 21.6 Å². The molecule has 0 atom stereocenters. The van der Waals surface area contributed by atoms with Gasteiger partial charge in [-0.3, -0.25) is 4.72 Å². The summed E-state index contributed by atoms with van der Waals surface area (Å²) in [5.41, 5.74) is -0.359. The Bertz CT molecular complexity index is 844. The fourth-order valence-corrected chi connectivity index (χ4v) is 3.15. The van der Waals surface area contributed by atoms with Gasteiger partial charge in [-0.05, 0) is 51.1 Å². The van der Waals surface area contributed by atoms with Gasteiger partial charge in [-0.1, -0.05) is 17.7 Å². The summed E-state index contributed by atoms with van der Waals surface area (Å²) in [6.45, 7) is 5.01. The van der Waals surface area contributed by atoms with Crippen molar-refractivity contribution < 1.29 is 26.3 Å². The number of hydrogen-bond acceptors (Lipinski definition) is 3. The molecule has 25 heavy (non-hydrogen) atoms. The number of anilines is 1. The molecule has 2 rings (SSSR count). The highest BCUT2D eigenvalue weighted by atomic mass is 32.2. The van der Waals surface area contributed by atoms with Crippen LogP contribution in [0.25, 0.3) is 0 Å². The van der Waals surface area contributed by atoms with E-state index in [1.165, 1.54) is 18.2 Å². The van der Waals surface area contributed by atoms with Crippen molar-refractivity contribution in [2.45, 2.75) is 37.9 Å². The van der Waals surface area contributed by atoms with Crippen LogP contribution in [0.4, 0.5) is 18.9 Å². The van der Waals surface area contributed by atoms with E-state index < -0.39 is 27.9 Å². The Balaban J connectivity index is 2.38. The van der Waals surface area contributed by atoms with Crippen molar-refractivity contribution >= 4 is 15.7 Å². The maximum atomic E-state index is 13.2. The van der Waals surface area contributed by atoms with Crippen LogP contribution in [-0.2, 0) is 16.2 Å². The SMILES string of the molecule is Cc1ccc(S(=O)(=O)Nc2ccc(OC(C)C)c(C(F)(F)F)c2)cc1. The van der Waals surface area contributed by atoms with Crippen molar-refractivity contribution in [1.82, 2.24) is 0 Å².